The van der Waals surface area contributed by atoms with Crippen LogP contribution in [-0.4, -0.2) is 44.4 Å². The summed E-state index contributed by atoms with van der Waals surface area (Å²) in [5, 5.41) is 15.8. The fraction of sp³-hybridized carbons (Fsp3) is 0.105. The number of rotatable bonds is 5. The van der Waals surface area contributed by atoms with Crippen molar-refractivity contribution < 1.29 is 9.53 Å². The molecule has 0 aliphatic heterocycles. The summed E-state index contributed by atoms with van der Waals surface area (Å²) in [6.45, 7) is 0.00359. The zero-order valence-corrected chi connectivity index (χ0v) is 14.5. The van der Waals surface area contributed by atoms with Gasteiger partial charge < -0.3 is 10.1 Å². The third-order valence-electron chi connectivity index (χ3n) is 3.90. The van der Waals surface area contributed by atoms with Crippen LogP contribution >= 0.6 is 0 Å². The van der Waals surface area contributed by atoms with Crippen LogP contribution in [0.4, 0.5) is 5.69 Å². The molecule has 0 aliphatic carbocycles. The second kappa shape index (κ2) is 7.30. The molecule has 0 spiro atoms. The van der Waals surface area contributed by atoms with Crippen LogP contribution in [0.3, 0.4) is 0 Å². The van der Waals surface area contributed by atoms with Gasteiger partial charge in [0.05, 0.1) is 5.69 Å². The molecule has 0 bridgehead atoms. The van der Waals surface area contributed by atoms with Crippen LogP contribution in [0.5, 0.6) is 0 Å². The zero-order valence-electron chi connectivity index (χ0n) is 14.5. The Morgan fingerprint density at radius 3 is 2.81 bits per heavy atom. The van der Waals surface area contributed by atoms with Crippen LogP contribution in [0, 0.1) is 0 Å². The van der Waals surface area contributed by atoms with Crippen molar-refractivity contribution in [3.63, 3.8) is 0 Å². The molecule has 0 atom stereocenters. The van der Waals surface area contributed by atoms with Crippen molar-refractivity contribution in [3.05, 3.63) is 60.9 Å². The van der Waals surface area contributed by atoms with E-state index in [0.717, 1.165) is 16.8 Å². The fourth-order valence-corrected chi connectivity index (χ4v) is 2.70. The van der Waals surface area contributed by atoms with E-state index in [1.165, 1.54) is 7.11 Å². The smallest absolute Gasteiger partial charge is 0.250 e. The number of carbonyl (C=O) groups excluding carboxylic acids is 1. The highest BCUT2D eigenvalue weighted by molar-refractivity contribution is 5.92. The second-order valence-electron chi connectivity index (χ2n) is 5.82. The van der Waals surface area contributed by atoms with Crippen molar-refractivity contribution >= 4 is 17.2 Å². The first kappa shape index (κ1) is 16.8. The molecule has 0 aliphatic rings. The number of nitrogens with zero attached hydrogens (tertiary/aromatic N) is 5. The van der Waals surface area contributed by atoms with Gasteiger partial charge in [0.15, 0.2) is 11.5 Å². The standard InChI is InChI=1S/C19H16N6O2/c1-27-12-18(26)21-15-6-2-4-13(10-15)16-7-8-17-22-23-19(25(17)24-16)14-5-3-9-20-11-14/h2-11H,12H2,1H3,(H,21,26). The lowest BCUT2D eigenvalue weighted by atomic mass is 10.1. The lowest BCUT2D eigenvalue weighted by molar-refractivity contribution is -0.119. The van der Waals surface area contributed by atoms with E-state index < -0.39 is 0 Å². The number of methoxy groups -OCH3 is 1. The highest BCUT2D eigenvalue weighted by atomic mass is 16.5. The molecule has 3 heterocycles. The molecule has 0 fully saturated rings. The van der Waals surface area contributed by atoms with Gasteiger partial charge in [-0.05, 0) is 36.4 Å². The minimum Gasteiger partial charge on any atom is -0.375 e. The van der Waals surface area contributed by atoms with Gasteiger partial charge in [0.2, 0.25) is 5.91 Å². The van der Waals surface area contributed by atoms with E-state index in [1.807, 2.05) is 48.5 Å². The zero-order chi connectivity index (χ0) is 18.6. The number of benzene rings is 1. The molecule has 27 heavy (non-hydrogen) atoms. The van der Waals surface area contributed by atoms with E-state index in [9.17, 15) is 4.79 Å². The molecule has 0 saturated heterocycles. The summed E-state index contributed by atoms with van der Waals surface area (Å²) in [5.74, 6) is 0.403. The summed E-state index contributed by atoms with van der Waals surface area (Å²) in [4.78, 5) is 15.8. The normalized spacial score (nSPS) is 10.9. The van der Waals surface area contributed by atoms with Crippen molar-refractivity contribution in [1.29, 1.82) is 0 Å². The topological polar surface area (TPSA) is 94.3 Å². The first-order valence-electron chi connectivity index (χ1n) is 8.27. The first-order valence-corrected chi connectivity index (χ1v) is 8.27. The van der Waals surface area contributed by atoms with Crippen molar-refractivity contribution in [2.24, 2.45) is 0 Å². The maximum absolute atomic E-state index is 11.7. The summed E-state index contributed by atoms with van der Waals surface area (Å²) in [5.41, 5.74) is 3.73. The van der Waals surface area contributed by atoms with Gasteiger partial charge in [0.25, 0.3) is 0 Å². The molecule has 1 N–H and O–H groups in total. The molecule has 1 amide bonds. The second-order valence-corrected chi connectivity index (χ2v) is 5.82. The number of pyridine rings is 1. The molecule has 4 rings (SSSR count). The SMILES string of the molecule is COCC(=O)Nc1cccc(-c2ccc3nnc(-c4cccnc4)n3n2)c1. The predicted molar refractivity (Wildman–Crippen MR) is 100.0 cm³/mol. The van der Waals surface area contributed by atoms with Gasteiger partial charge in [-0.25, -0.2) is 0 Å². The molecular weight excluding hydrogens is 344 g/mol. The largest absolute Gasteiger partial charge is 0.375 e. The van der Waals surface area contributed by atoms with E-state index >= 15 is 0 Å². The third-order valence-corrected chi connectivity index (χ3v) is 3.90. The predicted octanol–water partition coefficient (Wildman–Crippen LogP) is 2.44. The highest BCUT2D eigenvalue weighted by Crippen LogP contribution is 2.23. The number of carbonyl (C=O) groups is 1. The van der Waals surface area contributed by atoms with Crippen LogP contribution < -0.4 is 5.32 Å². The van der Waals surface area contributed by atoms with Crippen molar-refractivity contribution in [2.75, 3.05) is 19.0 Å². The van der Waals surface area contributed by atoms with E-state index in [1.54, 1.807) is 16.9 Å². The Balaban J connectivity index is 1.71. The fourth-order valence-electron chi connectivity index (χ4n) is 2.70. The number of fused-ring (bicyclic) bond motifs is 1. The molecule has 4 aromatic rings. The van der Waals surface area contributed by atoms with E-state index in [2.05, 4.69) is 25.6 Å². The molecule has 134 valence electrons. The van der Waals surface area contributed by atoms with Crippen LogP contribution in [0.25, 0.3) is 28.3 Å². The van der Waals surface area contributed by atoms with Gasteiger partial charge in [-0.2, -0.15) is 9.61 Å². The Bertz CT molecular complexity index is 1090. The number of aromatic nitrogens is 5. The van der Waals surface area contributed by atoms with Gasteiger partial charge in [-0.1, -0.05) is 12.1 Å². The summed E-state index contributed by atoms with van der Waals surface area (Å²) >= 11 is 0. The molecule has 0 saturated carbocycles. The Morgan fingerprint density at radius 2 is 2.00 bits per heavy atom. The summed E-state index contributed by atoms with van der Waals surface area (Å²) in [7, 11) is 1.48. The monoisotopic (exact) mass is 360 g/mol. The molecule has 0 unspecified atom stereocenters. The number of hydrogen-bond donors (Lipinski definition) is 1. The number of anilines is 1. The first-order chi connectivity index (χ1) is 13.2. The number of nitrogens with one attached hydrogen (secondary N) is 1. The summed E-state index contributed by atoms with van der Waals surface area (Å²) < 4.78 is 6.52. The molecule has 3 aromatic heterocycles. The summed E-state index contributed by atoms with van der Waals surface area (Å²) in [6, 6.07) is 14.9. The molecule has 8 nitrogen and oxygen atoms in total. The van der Waals surface area contributed by atoms with Gasteiger partial charge in [-0.15, -0.1) is 10.2 Å². The van der Waals surface area contributed by atoms with Gasteiger partial charge in [0.1, 0.15) is 6.61 Å². The quantitative estimate of drug-likeness (QED) is 0.587. The van der Waals surface area contributed by atoms with Crippen LogP contribution in [0.15, 0.2) is 60.9 Å². The maximum Gasteiger partial charge on any atom is 0.250 e. The highest BCUT2D eigenvalue weighted by Gasteiger charge is 2.11. The Labute approximate surface area is 154 Å². The minimum absolute atomic E-state index is 0.00359. The average Bonchev–Trinajstić information content (AvgIpc) is 3.12. The number of hydrogen-bond acceptors (Lipinski definition) is 6. The average molecular weight is 360 g/mol. The third kappa shape index (κ3) is 3.51. The van der Waals surface area contributed by atoms with Crippen molar-refractivity contribution in [1.82, 2.24) is 24.8 Å². The van der Waals surface area contributed by atoms with Crippen molar-refractivity contribution in [2.45, 2.75) is 0 Å². The Kier molecular flexibility index (Phi) is 4.54. The van der Waals surface area contributed by atoms with Crippen LogP contribution in [-0.2, 0) is 9.53 Å². The lowest BCUT2D eigenvalue weighted by Gasteiger charge is -2.07. The van der Waals surface area contributed by atoms with E-state index in [4.69, 9.17) is 4.74 Å². The van der Waals surface area contributed by atoms with Gasteiger partial charge in [-0.3, -0.25) is 9.78 Å². The number of amides is 1. The maximum atomic E-state index is 11.7. The minimum atomic E-state index is -0.212. The van der Waals surface area contributed by atoms with Crippen LogP contribution in [0.2, 0.25) is 0 Å². The van der Waals surface area contributed by atoms with Crippen LogP contribution in [0.1, 0.15) is 0 Å². The van der Waals surface area contributed by atoms with Gasteiger partial charge >= 0.3 is 0 Å². The van der Waals surface area contributed by atoms with E-state index in [-0.39, 0.29) is 12.5 Å². The summed E-state index contributed by atoms with van der Waals surface area (Å²) in [6.07, 6.45) is 3.42. The van der Waals surface area contributed by atoms with E-state index in [0.29, 0.717) is 17.2 Å². The molecule has 0 radical (unpaired) electrons. The Hall–Kier alpha value is -3.65. The van der Waals surface area contributed by atoms with Crippen molar-refractivity contribution in [3.8, 4) is 22.6 Å². The molecular formula is C19H16N6O2. The number of ether oxygens (including phenoxy) is 1. The molecule has 1 aromatic carbocycles. The molecule has 8 heteroatoms. The Morgan fingerprint density at radius 1 is 1.11 bits per heavy atom. The lowest BCUT2D eigenvalue weighted by Crippen LogP contribution is -2.17. The van der Waals surface area contributed by atoms with Gasteiger partial charge in [0, 0.05) is 36.3 Å².